The molecule has 2 fully saturated rings. The summed E-state index contributed by atoms with van der Waals surface area (Å²) in [6, 6.07) is 3.89. The summed E-state index contributed by atoms with van der Waals surface area (Å²) < 4.78 is 0. The Morgan fingerprint density at radius 2 is 2.33 bits per heavy atom. The lowest BCUT2D eigenvalue weighted by Crippen LogP contribution is -2.40. The van der Waals surface area contributed by atoms with Crippen LogP contribution in [0.2, 0.25) is 0 Å². The third-order valence-corrected chi connectivity index (χ3v) is 5.66. The SMILES string of the molecule is c1cc(CN(CCC2CSCCN2)C2CC2)cs1. The van der Waals surface area contributed by atoms with E-state index < -0.39 is 0 Å². The van der Waals surface area contributed by atoms with E-state index in [9.17, 15) is 0 Å². The molecule has 0 radical (unpaired) electrons. The van der Waals surface area contributed by atoms with Crippen LogP contribution < -0.4 is 5.32 Å². The van der Waals surface area contributed by atoms with E-state index in [4.69, 9.17) is 0 Å². The van der Waals surface area contributed by atoms with E-state index in [2.05, 4.69) is 38.8 Å². The molecule has 0 spiro atoms. The van der Waals surface area contributed by atoms with Gasteiger partial charge in [0.1, 0.15) is 0 Å². The first-order chi connectivity index (χ1) is 8.92. The van der Waals surface area contributed by atoms with Crippen LogP contribution in [0.4, 0.5) is 0 Å². The first kappa shape index (κ1) is 13.0. The van der Waals surface area contributed by atoms with Crippen LogP contribution in [-0.4, -0.2) is 41.6 Å². The second-order valence-corrected chi connectivity index (χ2v) is 7.28. The van der Waals surface area contributed by atoms with E-state index in [-0.39, 0.29) is 0 Å². The van der Waals surface area contributed by atoms with Crippen molar-refractivity contribution in [1.82, 2.24) is 10.2 Å². The molecule has 1 N–H and O–H groups in total. The molecule has 1 unspecified atom stereocenters. The molecule has 0 amide bonds. The fourth-order valence-corrected chi connectivity index (χ4v) is 4.23. The van der Waals surface area contributed by atoms with Gasteiger partial charge < -0.3 is 5.32 Å². The average molecular weight is 282 g/mol. The molecule has 1 aliphatic carbocycles. The van der Waals surface area contributed by atoms with Crippen molar-refractivity contribution in [2.75, 3.05) is 24.6 Å². The number of thioether (sulfide) groups is 1. The van der Waals surface area contributed by atoms with Gasteiger partial charge in [0.05, 0.1) is 0 Å². The summed E-state index contributed by atoms with van der Waals surface area (Å²) in [5.74, 6) is 2.59. The number of nitrogens with one attached hydrogen (secondary N) is 1. The summed E-state index contributed by atoms with van der Waals surface area (Å²) >= 11 is 3.92. The lowest BCUT2D eigenvalue weighted by molar-refractivity contribution is 0.241. The summed E-state index contributed by atoms with van der Waals surface area (Å²) in [4.78, 5) is 2.70. The van der Waals surface area contributed by atoms with Gasteiger partial charge in [-0.2, -0.15) is 23.1 Å². The minimum Gasteiger partial charge on any atom is -0.312 e. The van der Waals surface area contributed by atoms with Gasteiger partial charge in [0, 0.05) is 43.2 Å². The maximum Gasteiger partial charge on any atom is 0.0244 e. The Morgan fingerprint density at radius 1 is 1.39 bits per heavy atom. The van der Waals surface area contributed by atoms with Crippen LogP contribution in [0, 0.1) is 0 Å². The van der Waals surface area contributed by atoms with Crippen LogP contribution in [0.1, 0.15) is 24.8 Å². The van der Waals surface area contributed by atoms with Gasteiger partial charge in [-0.25, -0.2) is 0 Å². The second kappa shape index (κ2) is 6.42. The zero-order chi connectivity index (χ0) is 12.2. The highest BCUT2D eigenvalue weighted by Crippen LogP contribution is 2.29. The van der Waals surface area contributed by atoms with Crippen molar-refractivity contribution in [3.05, 3.63) is 22.4 Å². The van der Waals surface area contributed by atoms with Gasteiger partial charge in [0.2, 0.25) is 0 Å². The largest absolute Gasteiger partial charge is 0.312 e. The van der Waals surface area contributed by atoms with Crippen LogP contribution in [0.25, 0.3) is 0 Å². The normalized spacial score (nSPS) is 24.6. The lowest BCUT2D eigenvalue weighted by Gasteiger charge is -2.27. The Hall–Kier alpha value is -0.0300. The molecule has 100 valence electrons. The summed E-state index contributed by atoms with van der Waals surface area (Å²) in [5, 5.41) is 8.14. The van der Waals surface area contributed by atoms with E-state index >= 15 is 0 Å². The van der Waals surface area contributed by atoms with E-state index in [1.807, 2.05) is 11.3 Å². The third-order valence-electron chi connectivity index (χ3n) is 3.79. The molecule has 0 aromatic carbocycles. The summed E-state index contributed by atoms with van der Waals surface area (Å²) in [7, 11) is 0. The Balaban J connectivity index is 1.47. The number of hydrogen-bond donors (Lipinski definition) is 1. The molecule has 1 atom stereocenters. The van der Waals surface area contributed by atoms with Crippen molar-refractivity contribution in [2.24, 2.45) is 0 Å². The van der Waals surface area contributed by atoms with Gasteiger partial charge in [-0.1, -0.05) is 0 Å². The molecule has 1 aromatic rings. The van der Waals surface area contributed by atoms with E-state index in [1.54, 1.807) is 0 Å². The lowest BCUT2D eigenvalue weighted by atomic mass is 10.2. The summed E-state index contributed by atoms with van der Waals surface area (Å²) in [6.45, 7) is 3.62. The molecule has 1 saturated heterocycles. The van der Waals surface area contributed by atoms with Crippen molar-refractivity contribution in [3.8, 4) is 0 Å². The van der Waals surface area contributed by atoms with Gasteiger partial charge in [0.25, 0.3) is 0 Å². The van der Waals surface area contributed by atoms with Crippen LogP contribution in [0.5, 0.6) is 0 Å². The van der Waals surface area contributed by atoms with E-state index in [0.717, 1.165) is 18.6 Å². The highest BCUT2D eigenvalue weighted by Gasteiger charge is 2.29. The second-order valence-electron chi connectivity index (χ2n) is 5.35. The fourth-order valence-electron chi connectivity index (χ4n) is 2.57. The molecule has 3 rings (SSSR count). The molecular formula is C14H22N2S2. The first-order valence-corrected chi connectivity index (χ1v) is 9.08. The Labute approximate surface area is 118 Å². The molecule has 2 nitrogen and oxygen atoms in total. The number of hydrogen-bond acceptors (Lipinski definition) is 4. The molecule has 1 saturated carbocycles. The van der Waals surface area contributed by atoms with Crippen molar-refractivity contribution < 1.29 is 0 Å². The molecule has 4 heteroatoms. The fraction of sp³-hybridized carbons (Fsp3) is 0.714. The van der Waals surface area contributed by atoms with Crippen LogP contribution in [0.3, 0.4) is 0 Å². The average Bonchev–Trinajstić information content (AvgIpc) is 3.13. The Morgan fingerprint density at radius 3 is 3.00 bits per heavy atom. The summed E-state index contributed by atoms with van der Waals surface area (Å²) in [5.41, 5.74) is 1.50. The monoisotopic (exact) mass is 282 g/mol. The van der Waals surface area contributed by atoms with Crippen molar-refractivity contribution >= 4 is 23.1 Å². The van der Waals surface area contributed by atoms with Gasteiger partial charge in [-0.05, 0) is 41.7 Å². The van der Waals surface area contributed by atoms with Crippen molar-refractivity contribution in [1.29, 1.82) is 0 Å². The predicted molar refractivity (Wildman–Crippen MR) is 81.5 cm³/mol. The molecule has 0 bridgehead atoms. The molecule has 1 aliphatic heterocycles. The van der Waals surface area contributed by atoms with Crippen LogP contribution in [-0.2, 0) is 6.54 Å². The van der Waals surface area contributed by atoms with Crippen LogP contribution in [0.15, 0.2) is 16.8 Å². The number of nitrogens with zero attached hydrogens (tertiary/aromatic N) is 1. The first-order valence-electron chi connectivity index (χ1n) is 6.98. The molecule has 2 aliphatic rings. The van der Waals surface area contributed by atoms with Gasteiger partial charge in [-0.3, -0.25) is 4.90 Å². The zero-order valence-electron chi connectivity index (χ0n) is 10.8. The minimum absolute atomic E-state index is 0.743. The molecule has 1 aromatic heterocycles. The number of rotatable bonds is 6. The van der Waals surface area contributed by atoms with Crippen molar-refractivity contribution in [3.63, 3.8) is 0 Å². The highest BCUT2D eigenvalue weighted by atomic mass is 32.2. The standard InChI is InChI=1S/C14H22N2S2/c1-2-14(1)16(9-12-4-7-17-10-12)6-3-13-11-18-8-5-15-13/h4,7,10,13-15H,1-3,5-6,8-9,11H2. The maximum absolute atomic E-state index is 3.65. The molecule has 18 heavy (non-hydrogen) atoms. The van der Waals surface area contributed by atoms with Gasteiger partial charge >= 0.3 is 0 Å². The van der Waals surface area contributed by atoms with E-state index in [1.165, 1.54) is 49.4 Å². The summed E-state index contributed by atoms with van der Waals surface area (Å²) in [6.07, 6.45) is 4.14. The maximum atomic E-state index is 3.65. The highest BCUT2D eigenvalue weighted by molar-refractivity contribution is 7.99. The molecular weight excluding hydrogens is 260 g/mol. The Kier molecular flexibility index (Phi) is 4.63. The smallest absolute Gasteiger partial charge is 0.0244 e. The van der Waals surface area contributed by atoms with E-state index in [0.29, 0.717) is 0 Å². The van der Waals surface area contributed by atoms with Crippen LogP contribution >= 0.6 is 23.1 Å². The predicted octanol–water partition coefficient (Wildman–Crippen LogP) is 2.81. The minimum atomic E-state index is 0.743. The number of thiophene rings is 1. The van der Waals surface area contributed by atoms with Gasteiger partial charge in [-0.15, -0.1) is 0 Å². The third kappa shape index (κ3) is 3.73. The topological polar surface area (TPSA) is 15.3 Å². The molecule has 2 heterocycles. The van der Waals surface area contributed by atoms with Crippen molar-refractivity contribution in [2.45, 2.75) is 37.9 Å². The quantitative estimate of drug-likeness (QED) is 0.864. The Bertz CT molecular complexity index is 343. The van der Waals surface area contributed by atoms with Gasteiger partial charge in [0.15, 0.2) is 0 Å². The zero-order valence-corrected chi connectivity index (χ0v) is 12.4.